The molecule has 118 valence electrons. The minimum absolute atomic E-state index is 0.0414. The lowest BCUT2D eigenvalue weighted by Gasteiger charge is -2.34. The predicted octanol–water partition coefficient (Wildman–Crippen LogP) is 4.85. The maximum atomic E-state index is 12.8. The average Bonchev–Trinajstić information content (AvgIpc) is 2.79. The molecule has 1 heterocycles. The molecule has 23 heavy (non-hydrogen) atoms. The summed E-state index contributed by atoms with van der Waals surface area (Å²) in [5.41, 5.74) is 4.87. The van der Waals surface area contributed by atoms with Crippen molar-refractivity contribution < 1.29 is 14.0 Å². The molecule has 0 unspecified atom stereocenters. The number of Topliss-reactive ketones (excluding diaryl/α,β-unsaturated/α-hetero) is 2. The molecule has 3 nitrogen and oxygen atoms in total. The fourth-order valence-corrected chi connectivity index (χ4v) is 4.50. The number of hydrogen-bond acceptors (Lipinski definition) is 3. The van der Waals surface area contributed by atoms with Gasteiger partial charge in [-0.3, -0.25) is 9.59 Å². The summed E-state index contributed by atoms with van der Waals surface area (Å²) in [6.45, 7) is 6.25. The fraction of sp³-hybridized carbons (Fsp3) is 0.368. The van der Waals surface area contributed by atoms with Gasteiger partial charge in [0, 0.05) is 16.7 Å². The van der Waals surface area contributed by atoms with Crippen molar-refractivity contribution in [3.63, 3.8) is 0 Å². The largest absolute Gasteiger partial charge is 0.449 e. The van der Waals surface area contributed by atoms with Gasteiger partial charge in [-0.05, 0) is 65.3 Å². The summed E-state index contributed by atoms with van der Waals surface area (Å²) in [5, 5.41) is 0. The van der Waals surface area contributed by atoms with Crippen LogP contribution in [-0.2, 0) is 11.8 Å². The second-order valence-corrected chi connectivity index (χ2v) is 8.09. The molecule has 1 aromatic carbocycles. The number of benzene rings is 1. The first kappa shape index (κ1) is 15.1. The number of ketones is 2. The standard InChI is InChI=1S/C19H17IO3/c1-9-13-15(21)16(22)14-10-5-4-8-19(2,3)12(10)7-6-11(14)17(13)23-18(9)20/h6-7H,4-5,8H2,1-3H3. The molecular formula is C19H17IO3. The van der Waals surface area contributed by atoms with E-state index in [4.69, 9.17) is 4.42 Å². The van der Waals surface area contributed by atoms with E-state index in [1.807, 2.05) is 13.0 Å². The molecule has 0 saturated heterocycles. The van der Waals surface area contributed by atoms with Crippen molar-refractivity contribution in [2.24, 2.45) is 0 Å². The zero-order valence-corrected chi connectivity index (χ0v) is 15.5. The van der Waals surface area contributed by atoms with Gasteiger partial charge < -0.3 is 4.42 Å². The van der Waals surface area contributed by atoms with Crippen LogP contribution in [0.3, 0.4) is 0 Å². The highest BCUT2D eigenvalue weighted by Crippen LogP contribution is 2.45. The van der Waals surface area contributed by atoms with Gasteiger partial charge in [0.2, 0.25) is 11.6 Å². The molecule has 0 fully saturated rings. The second-order valence-electron chi connectivity index (χ2n) is 7.11. The zero-order valence-electron chi connectivity index (χ0n) is 13.4. The monoisotopic (exact) mass is 420 g/mol. The Morgan fingerprint density at radius 2 is 1.83 bits per heavy atom. The maximum Gasteiger partial charge on any atom is 0.237 e. The lowest BCUT2D eigenvalue weighted by molar-refractivity contribution is 0.0813. The van der Waals surface area contributed by atoms with Crippen LogP contribution in [0.15, 0.2) is 16.5 Å². The lowest BCUT2D eigenvalue weighted by atomic mass is 9.69. The summed E-state index contributed by atoms with van der Waals surface area (Å²) >= 11 is 2.08. The normalized spacial score (nSPS) is 18.4. The van der Waals surface area contributed by atoms with Crippen molar-refractivity contribution in [2.75, 3.05) is 0 Å². The minimum Gasteiger partial charge on any atom is -0.449 e. The summed E-state index contributed by atoms with van der Waals surface area (Å²) in [4.78, 5) is 25.5. The number of rotatable bonds is 0. The Hall–Kier alpha value is -1.43. The second kappa shape index (κ2) is 4.79. The van der Waals surface area contributed by atoms with Gasteiger partial charge in [-0.2, -0.15) is 0 Å². The molecule has 0 aliphatic heterocycles. The maximum absolute atomic E-state index is 12.8. The highest BCUT2D eigenvalue weighted by molar-refractivity contribution is 14.1. The Labute approximate surface area is 148 Å². The van der Waals surface area contributed by atoms with E-state index in [2.05, 4.69) is 42.5 Å². The molecule has 2 aromatic rings. The number of fused-ring (bicyclic) bond motifs is 5. The van der Waals surface area contributed by atoms with E-state index in [0.29, 0.717) is 20.7 Å². The Kier molecular flexibility index (Phi) is 3.15. The van der Waals surface area contributed by atoms with Crippen molar-refractivity contribution >= 4 is 34.2 Å². The molecule has 2 aliphatic rings. The zero-order chi connectivity index (χ0) is 16.5. The molecule has 0 amide bonds. The molecule has 0 bridgehead atoms. The third-order valence-corrected chi connectivity index (χ3v) is 6.29. The molecule has 1 aromatic heterocycles. The number of hydrogen-bond donors (Lipinski definition) is 0. The molecule has 0 atom stereocenters. The first-order valence-corrected chi connectivity index (χ1v) is 8.95. The van der Waals surface area contributed by atoms with Crippen LogP contribution in [0.4, 0.5) is 0 Å². The highest BCUT2D eigenvalue weighted by atomic mass is 127. The molecule has 4 heteroatoms. The molecule has 0 radical (unpaired) electrons. The lowest BCUT2D eigenvalue weighted by Crippen LogP contribution is -2.29. The van der Waals surface area contributed by atoms with Gasteiger partial charge in [0.25, 0.3) is 0 Å². The van der Waals surface area contributed by atoms with E-state index < -0.39 is 5.78 Å². The van der Waals surface area contributed by atoms with Gasteiger partial charge in [0.05, 0.1) is 5.56 Å². The average molecular weight is 420 g/mol. The third kappa shape index (κ3) is 1.93. The highest BCUT2D eigenvalue weighted by Gasteiger charge is 2.40. The summed E-state index contributed by atoms with van der Waals surface area (Å²) in [5.74, 6) is -0.228. The number of carbonyl (C=O) groups excluding carboxylic acids is 2. The number of carbonyl (C=O) groups is 2. The van der Waals surface area contributed by atoms with E-state index >= 15 is 0 Å². The van der Waals surface area contributed by atoms with Gasteiger partial charge in [0.15, 0.2) is 3.77 Å². The van der Waals surface area contributed by atoms with E-state index in [-0.39, 0.29) is 11.2 Å². The van der Waals surface area contributed by atoms with Crippen LogP contribution in [0.25, 0.3) is 11.3 Å². The molecule has 0 spiro atoms. The molecule has 0 N–H and O–H groups in total. The quantitative estimate of drug-likeness (QED) is 0.452. The third-order valence-electron chi connectivity index (χ3n) is 5.26. The molecule has 4 rings (SSSR count). The van der Waals surface area contributed by atoms with E-state index in [1.54, 1.807) is 0 Å². The summed E-state index contributed by atoms with van der Waals surface area (Å²) in [6, 6.07) is 4.08. The van der Waals surface area contributed by atoms with Crippen LogP contribution in [0.2, 0.25) is 0 Å². The molecular weight excluding hydrogens is 403 g/mol. The minimum atomic E-state index is -0.423. The van der Waals surface area contributed by atoms with E-state index in [1.165, 1.54) is 5.56 Å². The van der Waals surface area contributed by atoms with Crippen LogP contribution >= 0.6 is 22.6 Å². The number of furan rings is 1. The van der Waals surface area contributed by atoms with Crippen LogP contribution in [0.1, 0.15) is 64.1 Å². The van der Waals surface area contributed by atoms with Crippen LogP contribution in [-0.4, -0.2) is 11.6 Å². The Bertz CT molecular complexity index is 887. The molecule has 2 aliphatic carbocycles. The van der Waals surface area contributed by atoms with Gasteiger partial charge >= 0.3 is 0 Å². The fourth-order valence-electron chi connectivity index (χ4n) is 4.01. The Morgan fingerprint density at radius 3 is 2.57 bits per heavy atom. The summed E-state index contributed by atoms with van der Waals surface area (Å²) < 4.78 is 6.52. The summed E-state index contributed by atoms with van der Waals surface area (Å²) in [6.07, 6.45) is 3.00. The Balaban J connectivity index is 2.08. The SMILES string of the molecule is Cc1c(I)oc2c1C(=O)C(=O)c1c-2ccc2c1CCCC2(C)C. The van der Waals surface area contributed by atoms with Crippen molar-refractivity contribution in [2.45, 2.75) is 45.4 Å². The topological polar surface area (TPSA) is 47.3 Å². The van der Waals surface area contributed by atoms with Crippen molar-refractivity contribution in [1.29, 1.82) is 0 Å². The van der Waals surface area contributed by atoms with Gasteiger partial charge in [-0.1, -0.05) is 26.0 Å². The van der Waals surface area contributed by atoms with Crippen LogP contribution in [0.5, 0.6) is 0 Å². The first-order chi connectivity index (χ1) is 10.8. The predicted molar refractivity (Wildman–Crippen MR) is 96.2 cm³/mol. The number of halogens is 1. The van der Waals surface area contributed by atoms with Crippen molar-refractivity contribution in [3.05, 3.63) is 43.7 Å². The van der Waals surface area contributed by atoms with Gasteiger partial charge in [-0.15, -0.1) is 0 Å². The van der Waals surface area contributed by atoms with Crippen molar-refractivity contribution in [3.8, 4) is 11.3 Å². The van der Waals surface area contributed by atoms with Gasteiger partial charge in [0.1, 0.15) is 5.76 Å². The smallest absolute Gasteiger partial charge is 0.237 e. The van der Waals surface area contributed by atoms with Crippen molar-refractivity contribution in [1.82, 2.24) is 0 Å². The summed E-state index contributed by atoms with van der Waals surface area (Å²) in [7, 11) is 0. The van der Waals surface area contributed by atoms with Crippen LogP contribution in [0, 0.1) is 10.7 Å². The molecule has 0 saturated carbocycles. The first-order valence-electron chi connectivity index (χ1n) is 7.87. The van der Waals surface area contributed by atoms with E-state index in [9.17, 15) is 9.59 Å². The Morgan fingerprint density at radius 1 is 1.13 bits per heavy atom. The van der Waals surface area contributed by atoms with Gasteiger partial charge in [-0.25, -0.2) is 0 Å². The van der Waals surface area contributed by atoms with Crippen LogP contribution < -0.4 is 0 Å². The van der Waals surface area contributed by atoms with E-state index in [0.717, 1.165) is 36.0 Å².